The molecule has 2 heterocycles. The number of pyridine rings is 1. The lowest BCUT2D eigenvalue weighted by molar-refractivity contribution is 0.102. The van der Waals surface area contributed by atoms with Crippen LogP contribution in [0.3, 0.4) is 0 Å². The molecule has 1 amide bonds. The van der Waals surface area contributed by atoms with Crippen LogP contribution in [0.5, 0.6) is 11.6 Å². The van der Waals surface area contributed by atoms with Crippen LogP contribution in [0, 0.1) is 0 Å². The minimum Gasteiger partial charge on any atom is -0.439 e. The summed E-state index contributed by atoms with van der Waals surface area (Å²) < 4.78 is 8.44. The Morgan fingerprint density at radius 3 is 2.72 bits per heavy atom. The van der Waals surface area contributed by atoms with Crippen molar-refractivity contribution in [3.8, 4) is 11.6 Å². The van der Waals surface area contributed by atoms with Crippen molar-refractivity contribution in [3.05, 3.63) is 101 Å². The van der Waals surface area contributed by atoms with Crippen LogP contribution >= 0.6 is 15.9 Å². The van der Waals surface area contributed by atoms with Gasteiger partial charge in [-0.3, -0.25) is 9.48 Å². The lowest BCUT2D eigenvalue weighted by atomic mass is 10.2. The number of anilines is 1. The van der Waals surface area contributed by atoms with Gasteiger partial charge >= 0.3 is 0 Å². The highest BCUT2D eigenvalue weighted by Gasteiger charge is 2.08. The van der Waals surface area contributed by atoms with Crippen molar-refractivity contribution in [2.24, 2.45) is 0 Å². The number of hydrogen-bond donors (Lipinski definition) is 1. The van der Waals surface area contributed by atoms with E-state index >= 15 is 0 Å². The Kier molecular flexibility index (Phi) is 5.67. The van der Waals surface area contributed by atoms with Gasteiger partial charge in [0.25, 0.3) is 5.91 Å². The first kappa shape index (κ1) is 18.9. The van der Waals surface area contributed by atoms with Crippen LogP contribution in [0.15, 0.2) is 89.8 Å². The number of hydrogen-bond acceptors (Lipinski definition) is 4. The Morgan fingerprint density at radius 2 is 1.97 bits per heavy atom. The molecule has 4 aromatic rings. The van der Waals surface area contributed by atoms with Gasteiger partial charge in [-0.25, -0.2) is 4.98 Å². The smallest absolute Gasteiger partial charge is 0.257 e. The molecule has 0 unspecified atom stereocenters. The minimum absolute atomic E-state index is 0.234. The molecule has 4 rings (SSSR count). The highest BCUT2D eigenvalue weighted by atomic mass is 79.9. The Hall–Kier alpha value is -3.45. The molecule has 0 saturated heterocycles. The zero-order valence-corrected chi connectivity index (χ0v) is 16.9. The number of rotatable bonds is 6. The van der Waals surface area contributed by atoms with Crippen molar-refractivity contribution in [1.82, 2.24) is 14.8 Å². The number of aromatic nitrogens is 3. The lowest BCUT2D eigenvalue weighted by Crippen LogP contribution is -2.12. The van der Waals surface area contributed by atoms with Crippen molar-refractivity contribution in [1.29, 1.82) is 0 Å². The van der Waals surface area contributed by atoms with E-state index in [4.69, 9.17) is 4.74 Å². The maximum atomic E-state index is 12.5. The van der Waals surface area contributed by atoms with E-state index in [0.29, 0.717) is 29.4 Å². The van der Waals surface area contributed by atoms with Gasteiger partial charge in [-0.2, -0.15) is 5.10 Å². The van der Waals surface area contributed by atoms with E-state index in [1.807, 2.05) is 65.5 Å². The number of nitrogens with one attached hydrogen (secondary N) is 1. The number of carbonyl (C=O) groups excluding carboxylic acids is 1. The molecular weight excluding hydrogens is 432 g/mol. The molecule has 0 bridgehead atoms. The van der Waals surface area contributed by atoms with Crippen molar-refractivity contribution in [2.75, 3.05) is 5.32 Å². The highest BCUT2D eigenvalue weighted by Crippen LogP contribution is 2.23. The van der Waals surface area contributed by atoms with Gasteiger partial charge in [-0.15, -0.1) is 0 Å². The molecule has 0 fully saturated rings. The fourth-order valence-electron chi connectivity index (χ4n) is 2.76. The van der Waals surface area contributed by atoms with Crippen molar-refractivity contribution in [2.45, 2.75) is 6.54 Å². The standard InChI is InChI=1S/C22H17BrN4O2/c23-18-5-2-7-20(13-18)29-21-9-8-17(14-24-21)22(28)26-19-6-1-4-16(12-19)15-27-11-3-10-25-27/h1-14H,15H2,(H,26,28). The zero-order valence-electron chi connectivity index (χ0n) is 15.3. The van der Waals surface area contributed by atoms with E-state index in [-0.39, 0.29) is 5.91 Å². The Labute approximate surface area is 176 Å². The van der Waals surface area contributed by atoms with Gasteiger partial charge in [0.1, 0.15) is 5.75 Å². The predicted octanol–water partition coefficient (Wildman–Crippen LogP) is 5.13. The third kappa shape index (κ3) is 5.08. The van der Waals surface area contributed by atoms with E-state index in [2.05, 4.69) is 31.3 Å². The summed E-state index contributed by atoms with van der Waals surface area (Å²) in [5.41, 5.74) is 2.21. The molecule has 7 heteroatoms. The van der Waals surface area contributed by atoms with Crippen LogP contribution in [0.1, 0.15) is 15.9 Å². The zero-order chi connectivity index (χ0) is 20.1. The topological polar surface area (TPSA) is 69.0 Å². The highest BCUT2D eigenvalue weighted by molar-refractivity contribution is 9.10. The molecule has 1 N–H and O–H groups in total. The Morgan fingerprint density at radius 1 is 1.07 bits per heavy atom. The molecular formula is C22H17BrN4O2. The SMILES string of the molecule is O=C(Nc1cccc(Cn2cccn2)c1)c1ccc(Oc2cccc(Br)c2)nc1. The fraction of sp³-hybridized carbons (Fsp3) is 0.0455. The summed E-state index contributed by atoms with van der Waals surface area (Å²) >= 11 is 3.40. The van der Waals surface area contributed by atoms with Crippen LogP contribution in [-0.2, 0) is 6.54 Å². The molecule has 6 nitrogen and oxygen atoms in total. The molecule has 2 aromatic heterocycles. The second kappa shape index (κ2) is 8.70. The number of carbonyl (C=O) groups is 1. The van der Waals surface area contributed by atoms with Crippen molar-refractivity contribution >= 4 is 27.5 Å². The van der Waals surface area contributed by atoms with Crippen LogP contribution in [0.2, 0.25) is 0 Å². The van der Waals surface area contributed by atoms with E-state index in [0.717, 1.165) is 10.0 Å². The molecule has 0 aliphatic carbocycles. The van der Waals surface area contributed by atoms with Gasteiger partial charge in [-0.1, -0.05) is 34.1 Å². The molecule has 0 saturated carbocycles. The van der Waals surface area contributed by atoms with E-state index in [1.165, 1.54) is 6.20 Å². The molecule has 2 aromatic carbocycles. The number of ether oxygens (including phenoxy) is 1. The van der Waals surface area contributed by atoms with E-state index in [9.17, 15) is 4.79 Å². The maximum absolute atomic E-state index is 12.5. The summed E-state index contributed by atoms with van der Waals surface area (Å²) in [7, 11) is 0. The first-order valence-electron chi connectivity index (χ1n) is 8.93. The molecule has 0 atom stereocenters. The van der Waals surface area contributed by atoms with Crippen LogP contribution in [0.25, 0.3) is 0 Å². The first-order valence-corrected chi connectivity index (χ1v) is 9.72. The summed E-state index contributed by atoms with van der Waals surface area (Å²) in [5.74, 6) is 0.849. The van der Waals surface area contributed by atoms with Crippen LogP contribution in [0.4, 0.5) is 5.69 Å². The summed E-state index contributed by atoms with van der Waals surface area (Å²) in [6.45, 7) is 0.639. The Bertz CT molecular complexity index is 1110. The summed E-state index contributed by atoms with van der Waals surface area (Å²) in [5, 5.41) is 7.10. The monoisotopic (exact) mass is 448 g/mol. The summed E-state index contributed by atoms with van der Waals surface area (Å²) in [6, 6.07) is 20.4. The quantitative estimate of drug-likeness (QED) is 0.443. The maximum Gasteiger partial charge on any atom is 0.257 e. The van der Waals surface area contributed by atoms with Gasteiger partial charge in [0.15, 0.2) is 0 Å². The number of amides is 1. The van der Waals surface area contributed by atoms with Gasteiger partial charge in [0, 0.05) is 34.8 Å². The minimum atomic E-state index is -0.234. The fourth-order valence-corrected chi connectivity index (χ4v) is 3.14. The van der Waals surface area contributed by atoms with Crippen molar-refractivity contribution < 1.29 is 9.53 Å². The molecule has 0 aliphatic rings. The number of halogens is 1. The van der Waals surface area contributed by atoms with Crippen LogP contribution in [-0.4, -0.2) is 20.7 Å². The van der Waals surface area contributed by atoms with Gasteiger partial charge < -0.3 is 10.1 Å². The second-order valence-electron chi connectivity index (χ2n) is 6.30. The van der Waals surface area contributed by atoms with Crippen LogP contribution < -0.4 is 10.1 Å². The number of benzene rings is 2. The predicted molar refractivity (Wildman–Crippen MR) is 114 cm³/mol. The molecule has 0 radical (unpaired) electrons. The van der Waals surface area contributed by atoms with Gasteiger partial charge in [-0.05, 0) is 48.0 Å². The normalized spacial score (nSPS) is 10.5. The third-order valence-corrected chi connectivity index (χ3v) is 4.60. The molecule has 144 valence electrons. The van der Waals surface area contributed by atoms with Crippen molar-refractivity contribution in [3.63, 3.8) is 0 Å². The Balaban J connectivity index is 1.41. The molecule has 0 aliphatic heterocycles. The summed E-state index contributed by atoms with van der Waals surface area (Å²) in [4.78, 5) is 16.8. The second-order valence-corrected chi connectivity index (χ2v) is 7.22. The largest absolute Gasteiger partial charge is 0.439 e. The van der Waals surface area contributed by atoms with Gasteiger partial charge in [0.2, 0.25) is 5.88 Å². The first-order chi connectivity index (χ1) is 14.2. The summed E-state index contributed by atoms with van der Waals surface area (Å²) in [6.07, 6.45) is 5.13. The third-order valence-electron chi connectivity index (χ3n) is 4.11. The number of nitrogens with zero attached hydrogens (tertiary/aromatic N) is 3. The van der Waals surface area contributed by atoms with Gasteiger partial charge in [0.05, 0.1) is 12.1 Å². The van der Waals surface area contributed by atoms with E-state index < -0.39 is 0 Å². The lowest BCUT2D eigenvalue weighted by Gasteiger charge is -2.09. The average Bonchev–Trinajstić information content (AvgIpc) is 3.22. The average molecular weight is 449 g/mol. The molecule has 0 spiro atoms. The molecule has 29 heavy (non-hydrogen) atoms. The van der Waals surface area contributed by atoms with E-state index in [1.54, 1.807) is 18.3 Å².